The van der Waals surface area contributed by atoms with Crippen LogP contribution in [0.3, 0.4) is 0 Å². The lowest BCUT2D eigenvalue weighted by atomic mass is 10.1. The molecule has 6 nitrogen and oxygen atoms in total. The Morgan fingerprint density at radius 1 is 1.11 bits per heavy atom. The van der Waals surface area contributed by atoms with Gasteiger partial charge in [0.15, 0.2) is 0 Å². The van der Waals surface area contributed by atoms with Crippen molar-refractivity contribution in [2.45, 2.75) is 6.92 Å². The Morgan fingerprint density at radius 3 is 2.56 bits per heavy atom. The molecule has 0 saturated carbocycles. The van der Waals surface area contributed by atoms with Gasteiger partial charge in [-0.15, -0.1) is 22.7 Å². The number of ether oxygens (including phenoxy) is 1. The molecule has 0 aliphatic rings. The third-order valence-corrected chi connectivity index (χ3v) is 5.87. The van der Waals surface area contributed by atoms with Crippen LogP contribution < -0.4 is 15.4 Å². The zero-order valence-electron chi connectivity index (χ0n) is 14.5. The Kier molecular flexibility index (Phi) is 5.54. The number of hydrogen-bond donors (Lipinski definition) is 2. The summed E-state index contributed by atoms with van der Waals surface area (Å²) in [4.78, 5) is 25.9. The van der Waals surface area contributed by atoms with E-state index in [2.05, 4.69) is 16.7 Å². The number of thiophene rings is 2. The fraction of sp³-hybridized carbons (Fsp3) is 0.105. The highest BCUT2D eigenvalue weighted by atomic mass is 32.1. The molecule has 8 heteroatoms. The number of methoxy groups -OCH3 is 1. The molecule has 0 aliphatic carbocycles. The normalized spacial score (nSPS) is 10.1. The molecular formula is C19H15N3O3S2. The van der Waals surface area contributed by atoms with Crippen LogP contribution in [0.25, 0.3) is 0 Å². The lowest BCUT2D eigenvalue weighted by Gasteiger charge is -2.09. The van der Waals surface area contributed by atoms with Crippen molar-refractivity contribution >= 4 is 45.2 Å². The smallest absolute Gasteiger partial charge is 0.266 e. The van der Waals surface area contributed by atoms with E-state index in [9.17, 15) is 14.9 Å². The molecule has 0 fully saturated rings. The molecule has 0 aliphatic heterocycles. The Morgan fingerprint density at radius 2 is 1.89 bits per heavy atom. The van der Waals surface area contributed by atoms with E-state index in [1.165, 1.54) is 18.4 Å². The third-order valence-electron chi connectivity index (χ3n) is 3.79. The average molecular weight is 397 g/mol. The van der Waals surface area contributed by atoms with E-state index < -0.39 is 0 Å². The fourth-order valence-corrected chi connectivity index (χ4v) is 4.12. The van der Waals surface area contributed by atoms with E-state index in [1.807, 2.05) is 0 Å². The Balaban J connectivity index is 1.88. The highest BCUT2D eigenvalue weighted by Crippen LogP contribution is 2.34. The number of nitriles is 1. The fourth-order valence-electron chi connectivity index (χ4n) is 2.45. The average Bonchev–Trinajstić information content (AvgIpc) is 3.30. The monoisotopic (exact) mass is 397 g/mol. The van der Waals surface area contributed by atoms with Crippen molar-refractivity contribution in [3.8, 4) is 11.8 Å². The van der Waals surface area contributed by atoms with Gasteiger partial charge in [-0.2, -0.15) is 5.26 Å². The van der Waals surface area contributed by atoms with Crippen LogP contribution in [0.5, 0.6) is 5.75 Å². The molecule has 136 valence electrons. The summed E-state index contributed by atoms with van der Waals surface area (Å²) in [5.41, 5.74) is 1.34. The minimum atomic E-state index is -0.366. The summed E-state index contributed by atoms with van der Waals surface area (Å²) in [6.45, 7) is 1.69. The predicted molar refractivity (Wildman–Crippen MR) is 107 cm³/mol. The van der Waals surface area contributed by atoms with Crippen LogP contribution in [-0.2, 0) is 0 Å². The van der Waals surface area contributed by atoms with E-state index in [0.29, 0.717) is 31.8 Å². The lowest BCUT2D eigenvalue weighted by molar-refractivity contribution is 0.102. The maximum Gasteiger partial charge on any atom is 0.266 e. The molecule has 0 radical (unpaired) electrons. The number of carbonyl (C=O) groups is 2. The van der Waals surface area contributed by atoms with Crippen LogP contribution in [0.4, 0.5) is 10.7 Å². The standard InChI is InChI=1S/C19H15N3O3S2/c1-11-12(10-20)19(22-17(23)15-8-5-9-26-15)27-16(11)18(24)21-13-6-3-4-7-14(13)25-2/h3-9H,1-2H3,(H,21,24)(H,22,23). The summed E-state index contributed by atoms with van der Waals surface area (Å²) >= 11 is 2.38. The molecular weight excluding hydrogens is 382 g/mol. The number of carbonyl (C=O) groups excluding carboxylic acids is 2. The number of benzene rings is 1. The van der Waals surface area contributed by atoms with E-state index in [-0.39, 0.29) is 17.4 Å². The summed E-state index contributed by atoms with van der Waals surface area (Å²) in [5, 5.41) is 17.1. The highest BCUT2D eigenvalue weighted by Gasteiger charge is 2.22. The number of nitrogens with one attached hydrogen (secondary N) is 2. The quantitative estimate of drug-likeness (QED) is 0.663. The van der Waals surface area contributed by atoms with Crippen LogP contribution >= 0.6 is 22.7 Å². The van der Waals surface area contributed by atoms with Crippen LogP contribution in [0, 0.1) is 18.3 Å². The van der Waals surface area contributed by atoms with Crippen molar-refractivity contribution in [1.29, 1.82) is 5.26 Å². The van der Waals surface area contributed by atoms with Crippen molar-refractivity contribution in [1.82, 2.24) is 0 Å². The van der Waals surface area contributed by atoms with Gasteiger partial charge in [0.25, 0.3) is 11.8 Å². The molecule has 3 rings (SSSR count). The number of nitrogens with zero attached hydrogens (tertiary/aromatic N) is 1. The van der Waals surface area contributed by atoms with Gasteiger partial charge in [0.1, 0.15) is 16.8 Å². The molecule has 0 unspecified atom stereocenters. The zero-order chi connectivity index (χ0) is 19.4. The van der Waals surface area contributed by atoms with Gasteiger partial charge in [-0.3, -0.25) is 9.59 Å². The number of amides is 2. The molecule has 2 aromatic heterocycles. The second-order valence-electron chi connectivity index (χ2n) is 5.46. The first-order valence-electron chi connectivity index (χ1n) is 7.87. The first kappa shape index (κ1) is 18.6. The third kappa shape index (κ3) is 3.84. The van der Waals surface area contributed by atoms with Crippen molar-refractivity contribution < 1.29 is 14.3 Å². The second-order valence-corrected chi connectivity index (χ2v) is 7.43. The van der Waals surface area contributed by atoms with Crippen molar-refractivity contribution in [2.24, 2.45) is 0 Å². The summed E-state index contributed by atoms with van der Waals surface area (Å²) < 4.78 is 5.24. The van der Waals surface area contributed by atoms with Gasteiger partial charge in [-0.05, 0) is 36.1 Å². The van der Waals surface area contributed by atoms with Crippen molar-refractivity contribution in [2.75, 3.05) is 17.7 Å². The number of hydrogen-bond acceptors (Lipinski definition) is 6. The number of rotatable bonds is 5. The molecule has 2 amide bonds. The minimum absolute atomic E-state index is 0.287. The molecule has 0 spiro atoms. The van der Waals surface area contributed by atoms with Crippen LogP contribution in [0.15, 0.2) is 41.8 Å². The summed E-state index contributed by atoms with van der Waals surface area (Å²) in [5.74, 6) is -0.138. The Bertz CT molecular complexity index is 1030. The van der Waals surface area contributed by atoms with Crippen LogP contribution in [0.1, 0.15) is 30.5 Å². The summed E-state index contributed by atoms with van der Waals surface area (Å²) in [6.07, 6.45) is 0. The van der Waals surface area contributed by atoms with Crippen LogP contribution in [-0.4, -0.2) is 18.9 Å². The second kappa shape index (κ2) is 8.03. The summed E-state index contributed by atoms with van der Waals surface area (Å²) in [6, 6.07) is 12.6. The van der Waals surface area contributed by atoms with Gasteiger partial charge in [-0.25, -0.2) is 0 Å². The lowest BCUT2D eigenvalue weighted by Crippen LogP contribution is -2.12. The Hall–Kier alpha value is -3.15. The zero-order valence-corrected chi connectivity index (χ0v) is 16.2. The molecule has 0 saturated heterocycles. The maximum absolute atomic E-state index is 12.7. The van der Waals surface area contributed by atoms with Gasteiger partial charge in [0.05, 0.1) is 28.1 Å². The van der Waals surface area contributed by atoms with Crippen molar-refractivity contribution in [3.05, 3.63) is 62.7 Å². The maximum atomic E-state index is 12.7. The summed E-state index contributed by atoms with van der Waals surface area (Å²) in [7, 11) is 1.52. The van der Waals surface area contributed by atoms with E-state index >= 15 is 0 Å². The highest BCUT2D eigenvalue weighted by molar-refractivity contribution is 7.19. The van der Waals surface area contributed by atoms with Crippen LogP contribution in [0.2, 0.25) is 0 Å². The first-order valence-corrected chi connectivity index (χ1v) is 9.57. The molecule has 27 heavy (non-hydrogen) atoms. The van der Waals surface area contributed by atoms with Gasteiger partial charge in [0, 0.05) is 0 Å². The predicted octanol–water partition coefficient (Wildman–Crippen LogP) is 4.50. The minimum Gasteiger partial charge on any atom is -0.495 e. The Labute approximate surface area is 164 Å². The molecule has 2 N–H and O–H groups in total. The van der Waals surface area contributed by atoms with E-state index in [4.69, 9.17) is 4.74 Å². The van der Waals surface area contributed by atoms with Crippen molar-refractivity contribution in [3.63, 3.8) is 0 Å². The molecule has 0 bridgehead atoms. The first-order chi connectivity index (χ1) is 13.0. The number of para-hydroxylation sites is 2. The number of anilines is 2. The van der Waals surface area contributed by atoms with Gasteiger partial charge < -0.3 is 15.4 Å². The molecule has 2 heterocycles. The SMILES string of the molecule is COc1ccccc1NC(=O)c1sc(NC(=O)c2cccs2)c(C#N)c1C. The van der Waals surface area contributed by atoms with Gasteiger partial charge in [-0.1, -0.05) is 18.2 Å². The molecule has 1 aromatic carbocycles. The van der Waals surface area contributed by atoms with E-state index in [0.717, 1.165) is 11.3 Å². The largest absolute Gasteiger partial charge is 0.495 e. The van der Waals surface area contributed by atoms with Gasteiger partial charge >= 0.3 is 0 Å². The van der Waals surface area contributed by atoms with Gasteiger partial charge in [0.2, 0.25) is 0 Å². The molecule has 3 aromatic rings. The van der Waals surface area contributed by atoms with E-state index in [1.54, 1.807) is 48.7 Å². The topological polar surface area (TPSA) is 91.2 Å². The molecule has 0 atom stereocenters.